The van der Waals surface area contributed by atoms with Crippen LogP contribution in [0.3, 0.4) is 0 Å². The predicted molar refractivity (Wildman–Crippen MR) is 80.1 cm³/mol. The van der Waals surface area contributed by atoms with Gasteiger partial charge in [0.1, 0.15) is 5.82 Å². The van der Waals surface area contributed by atoms with Gasteiger partial charge in [0.2, 0.25) is 0 Å². The number of piperidine rings is 1. The molecule has 0 bridgehead atoms. The molecule has 1 unspecified atom stereocenters. The first kappa shape index (κ1) is 16.0. The Labute approximate surface area is 125 Å². The summed E-state index contributed by atoms with van der Waals surface area (Å²) >= 11 is 0. The number of aliphatic hydroxyl groups excluding tert-OH is 2. The third kappa shape index (κ3) is 4.53. The first-order chi connectivity index (χ1) is 10.2. The molecule has 0 spiro atoms. The van der Waals surface area contributed by atoms with E-state index in [2.05, 4.69) is 16.7 Å². The number of hydrogen-bond donors (Lipinski definition) is 2. The van der Waals surface area contributed by atoms with Gasteiger partial charge in [0.25, 0.3) is 0 Å². The first-order valence-corrected chi connectivity index (χ1v) is 7.47. The first-order valence-electron chi connectivity index (χ1n) is 7.47. The fourth-order valence-corrected chi connectivity index (χ4v) is 2.69. The van der Waals surface area contributed by atoms with Gasteiger partial charge in [-0.3, -0.25) is 4.90 Å². The fraction of sp³-hybridized carbons (Fsp3) is 0.529. The summed E-state index contributed by atoms with van der Waals surface area (Å²) in [5, 5.41) is 18.1. The molecule has 0 aromatic heterocycles. The summed E-state index contributed by atoms with van der Waals surface area (Å²) in [5.74, 6) is 5.18. The average Bonchev–Trinajstić information content (AvgIpc) is 2.51. The van der Waals surface area contributed by atoms with E-state index in [-0.39, 0.29) is 25.1 Å². The van der Waals surface area contributed by atoms with Crippen molar-refractivity contribution in [3.05, 3.63) is 35.1 Å². The lowest BCUT2D eigenvalue weighted by Crippen LogP contribution is -2.41. The van der Waals surface area contributed by atoms with Gasteiger partial charge in [-0.25, -0.2) is 4.39 Å². The minimum absolute atomic E-state index is 0.0136. The Morgan fingerprint density at radius 3 is 2.90 bits per heavy atom. The third-order valence-corrected chi connectivity index (χ3v) is 3.84. The van der Waals surface area contributed by atoms with Crippen molar-refractivity contribution in [1.29, 1.82) is 0 Å². The van der Waals surface area contributed by atoms with E-state index in [1.165, 1.54) is 6.07 Å². The second kappa shape index (κ2) is 8.14. The Kier molecular flexibility index (Phi) is 6.19. The molecule has 3 nitrogen and oxygen atoms in total. The van der Waals surface area contributed by atoms with E-state index in [9.17, 15) is 9.50 Å². The highest BCUT2D eigenvalue weighted by atomic mass is 19.1. The number of benzene rings is 1. The molecule has 21 heavy (non-hydrogen) atoms. The van der Waals surface area contributed by atoms with E-state index in [0.717, 1.165) is 31.4 Å². The zero-order valence-corrected chi connectivity index (χ0v) is 12.2. The predicted octanol–water partition coefficient (Wildman–Crippen LogP) is 1.91. The second-order valence-electron chi connectivity index (χ2n) is 5.39. The van der Waals surface area contributed by atoms with Crippen molar-refractivity contribution in [2.45, 2.75) is 38.3 Å². The van der Waals surface area contributed by atoms with E-state index >= 15 is 0 Å². The maximum atomic E-state index is 13.7. The standard InChI is InChI=1S/C17H22FNO2/c18-17-8-7-14(11-15(17)5-2-4-10-20)12-19-9-3-1-6-16(19)13-21/h7-8,11,16,20-21H,1,3-4,6,9-10,12-13H2. The van der Waals surface area contributed by atoms with Crippen LogP contribution in [0.2, 0.25) is 0 Å². The molecule has 0 saturated carbocycles. The number of rotatable bonds is 4. The van der Waals surface area contributed by atoms with Gasteiger partial charge in [0, 0.05) is 19.0 Å². The van der Waals surface area contributed by atoms with E-state index in [4.69, 9.17) is 5.11 Å². The van der Waals surface area contributed by atoms with Crippen LogP contribution in [-0.4, -0.2) is 40.9 Å². The zero-order valence-electron chi connectivity index (χ0n) is 12.2. The highest BCUT2D eigenvalue weighted by Crippen LogP contribution is 2.20. The number of aliphatic hydroxyl groups is 2. The van der Waals surface area contributed by atoms with Gasteiger partial charge >= 0.3 is 0 Å². The number of likely N-dealkylation sites (tertiary alicyclic amines) is 1. The molecule has 4 heteroatoms. The maximum Gasteiger partial charge on any atom is 0.138 e. The molecular weight excluding hydrogens is 269 g/mol. The molecular formula is C17H22FNO2. The molecule has 1 atom stereocenters. The van der Waals surface area contributed by atoms with Crippen LogP contribution in [0.15, 0.2) is 18.2 Å². The number of hydrogen-bond acceptors (Lipinski definition) is 3. The van der Waals surface area contributed by atoms with E-state index in [1.807, 2.05) is 0 Å². The second-order valence-corrected chi connectivity index (χ2v) is 5.39. The summed E-state index contributed by atoms with van der Waals surface area (Å²) in [5.41, 5.74) is 1.38. The van der Waals surface area contributed by atoms with Gasteiger partial charge in [0.05, 0.1) is 18.8 Å². The zero-order chi connectivity index (χ0) is 15.1. The van der Waals surface area contributed by atoms with Crippen LogP contribution in [0.1, 0.15) is 36.8 Å². The summed E-state index contributed by atoms with van der Waals surface area (Å²) in [6, 6.07) is 5.18. The Hall–Kier alpha value is -1.41. The lowest BCUT2D eigenvalue weighted by atomic mass is 10.0. The molecule has 2 rings (SSSR count). The van der Waals surface area contributed by atoms with Gasteiger partial charge in [0.15, 0.2) is 0 Å². The number of nitrogens with zero attached hydrogens (tertiary/aromatic N) is 1. The molecule has 1 heterocycles. The van der Waals surface area contributed by atoms with Crippen molar-refractivity contribution >= 4 is 0 Å². The Morgan fingerprint density at radius 1 is 1.29 bits per heavy atom. The molecule has 0 radical (unpaired) electrons. The Balaban J connectivity index is 2.09. The average molecular weight is 291 g/mol. The van der Waals surface area contributed by atoms with Crippen LogP contribution in [0.4, 0.5) is 4.39 Å². The minimum Gasteiger partial charge on any atom is -0.395 e. The molecule has 0 amide bonds. The summed E-state index contributed by atoms with van der Waals surface area (Å²) in [7, 11) is 0. The van der Waals surface area contributed by atoms with E-state index in [1.54, 1.807) is 12.1 Å². The largest absolute Gasteiger partial charge is 0.395 e. The van der Waals surface area contributed by atoms with Crippen molar-refractivity contribution in [2.24, 2.45) is 0 Å². The Morgan fingerprint density at radius 2 is 2.14 bits per heavy atom. The fourth-order valence-electron chi connectivity index (χ4n) is 2.69. The SMILES string of the molecule is OCCC#Cc1cc(CN2CCCCC2CO)ccc1F. The molecule has 2 N–H and O–H groups in total. The van der Waals surface area contributed by atoms with Crippen LogP contribution >= 0.6 is 0 Å². The van der Waals surface area contributed by atoms with Gasteiger partial charge in [-0.1, -0.05) is 24.3 Å². The minimum atomic E-state index is -0.332. The Bertz CT molecular complexity index is 521. The third-order valence-electron chi connectivity index (χ3n) is 3.84. The highest BCUT2D eigenvalue weighted by Gasteiger charge is 2.21. The van der Waals surface area contributed by atoms with Gasteiger partial charge < -0.3 is 10.2 Å². The highest BCUT2D eigenvalue weighted by molar-refractivity contribution is 5.38. The van der Waals surface area contributed by atoms with Gasteiger partial charge in [-0.05, 0) is 37.1 Å². The topological polar surface area (TPSA) is 43.7 Å². The monoisotopic (exact) mass is 291 g/mol. The summed E-state index contributed by atoms with van der Waals surface area (Å²) < 4.78 is 13.7. The molecule has 1 aliphatic rings. The van der Waals surface area contributed by atoms with Gasteiger partial charge in [-0.15, -0.1) is 0 Å². The van der Waals surface area contributed by atoms with Crippen molar-refractivity contribution in [1.82, 2.24) is 4.90 Å². The molecule has 1 fully saturated rings. The van der Waals surface area contributed by atoms with Gasteiger partial charge in [-0.2, -0.15) is 0 Å². The van der Waals surface area contributed by atoms with Crippen molar-refractivity contribution in [3.8, 4) is 11.8 Å². The lowest BCUT2D eigenvalue weighted by Gasteiger charge is -2.34. The summed E-state index contributed by atoms with van der Waals surface area (Å²) in [6.45, 7) is 1.83. The quantitative estimate of drug-likeness (QED) is 0.833. The summed E-state index contributed by atoms with van der Waals surface area (Å²) in [4.78, 5) is 2.25. The molecule has 1 aromatic rings. The summed E-state index contributed by atoms with van der Waals surface area (Å²) in [6.07, 6.45) is 3.66. The van der Waals surface area contributed by atoms with Crippen LogP contribution < -0.4 is 0 Å². The van der Waals surface area contributed by atoms with Crippen molar-refractivity contribution in [2.75, 3.05) is 19.8 Å². The normalized spacial score (nSPS) is 19.1. The van der Waals surface area contributed by atoms with E-state index < -0.39 is 0 Å². The van der Waals surface area contributed by atoms with Crippen LogP contribution in [0.5, 0.6) is 0 Å². The lowest BCUT2D eigenvalue weighted by molar-refractivity contribution is 0.0841. The molecule has 1 aromatic carbocycles. The van der Waals surface area contributed by atoms with Crippen molar-refractivity contribution < 1.29 is 14.6 Å². The van der Waals surface area contributed by atoms with Crippen LogP contribution in [0.25, 0.3) is 0 Å². The van der Waals surface area contributed by atoms with Crippen LogP contribution in [0, 0.1) is 17.7 Å². The van der Waals surface area contributed by atoms with Crippen molar-refractivity contribution in [3.63, 3.8) is 0 Å². The molecule has 1 saturated heterocycles. The molecule has 114 valence electrons. The van der Waals surface area contributed by atoms with Crippen LogP contribution in [-0.2, 0) is 6.54 Å². The smallest absolute Gasteiger partial charge is 0.138 e. The molecule has 1 aliphatic heterocycles. The number of halogens is 1. The maximum absolute atomic E-state index is 13.7. The molecule has 0 aliphatic carbocycles. The van der Waals surface area contributed by atoms with E-state index in [0.29, 0.717) is 18.5 Å².